The van der Waals surface area contributed by atoms with Gasteiger partial charge in [0.25, 0.3) is 0 Å². The van der Waals surface area contributed by atoms with Gasteiger partial charge in [-0.15, -0.1) is 0 Å². The Morgan fingerprint density at radius 1 is 1.05 bits per heavy atom. The van der Waals surface area contributed by atoms with Crippen molar-refractivity contribution in [2.24, 2.45) is 0 Å². The molecule has 0 aliphatic carbocycles. The van der Waals surface area contributed by atoms with E-state index in [4.69, 9.17) is 4.74 Å². The minimum absolute atomic E-state index is 0.778. The molecule has 0 spiro atoms. The van der Waals surface area contributed by atoms with Crippen LogP contribution in [-0.2, 0) is 4.74 Å². The lowest BCUT2D eigenvalue weighted by molar-refractivity contribution is 0.131. The summed E-state index contributed by atoms with van der Waals surface area (Å²) in [6.07, 6.45) is 3.32. The van der Waals surface area contributed by atoms with Crippen LogP contribution in [0, 0.1) is 6.92 Å². The number of aromatic nitrogens is 2. The van der Waals surface area contributed by atoms with Gasteiger partial charge in [-0.1, -0.05) is 13.3 Å². The van der Waals surface area contributed by atoms with Gasteiger partial charge >= 0.3 is 0 Å². The lowest BCUT2D eigenvalue weighted by atomic mass is 10.3. The third-order valence-corrected chi connectivity index (χ3v) is 2.61. The second-order valence-corrected chi connectivity index (χ2v) is 4.46. The van der Waals surface area contributed by atoms with Gasteiger partial charge < -0.3 is 15.4 Å². The largest absolute Gasteiger partial charge is 0.381 e. The van der Waals surface area contributed by atoms with Crippen molar-refractivity contribution in [1.82, 2.24) is 9.97 Å². The predicted molar refractivity (Wildman–Crippen MR) is 79.8 cm³/mol. The molecular formula is C14H26N4O. The molecule has 0 saturated carbocycles. The summed E-state index contributed by atoms with van der Waals surface area (Å²) in [7, 11) is 0. The molecular weight excluding hydrogens is 240 g/mol. The Balaban J connectivity index is 2.25. The van der Waals surface area contributed by atoms with Crippen LogP contribution in [0.5, 0.6) is 0 Å². The normalized spacial score (nSPS) is 10.5. The molecule has 0 aliphatic heterocycles. The van der Waals surface area contributed by atoms with Crippen molar-refractivity contribution < 1.29 is 4.74 Å². The van der Waals surface area contributed by atoms with Crippen molar-refractivity contribution in [1.29, 1.82) is 0 Å². The summed E-state index contributed by atoms with van der Waals surface area (Å²) >= 11 is 0. The maximum atomic E-state index is 5.51. The van der Waals surface area contributed by atoms with Crippen LogP contribution in [0.15, 0.2) is 6.07 Å². The number of nitrogens with one attached hydrogen (secondary N) is 2. The number of aryl methyl sites for hydroxylation is 1. The van der Waals surface area contributed by atoms with Crippen LogP contribution in [-0.4, -0.2) is 36.3 Å². The first-order valence-corrected chi connectivity index (χ1v) is 7.17. The van der Waals surface area contributed by atoms with Crippen molar-refractivity contribution in [3.63, 3.8) is 0 Å². The Morgan fingerprint density at radius 2 is 1.74 bits per heavy atom. The van der Waals surface area contributed by atoms with Crippen molar-refractivity contribution in [3.8, 4) is 0 Å². The van der Waals surface area contributed by atoms with Crippen molar-refractivity contribution >= 4 is 11.6 Å². The molecule has 0 amide bonds. The number of ether oxygens (including phenoxy) is 1. The molecule has 0 unspecified atom stereocenters. The third kappa shape index (κ3) is 6.96. The highest BCUT2D eigenvalue weighted by Crippen LogP contribution is 2.10. The summed E-state index contributed by atoms with van der Waals surface area (Å²) < 4.78 is 5.51. The third-order valence-electron chi connectivity index (χ3n) is 2.61. The maximum Gasteiger partial charge on any atom is 0.131 e. The van der Waals surface area contributed by atoms with Gasteiger partial charge in [0.05, 0.1) is 0 Å². The van der Waals surface area contributed by atoms with E-state index in [9.17, 15) is 0 Å². The van der Waals surface area contributed by atoms with E-state index in [2.05, 4.69) is 34.4 Å². The molecule has 0 bridgehead atoms. The molecule has 0 radical (unpaired) electrons. The molecule has 1 aromatic rings. The minimum atomic E-state index is 0.778. The molecule has 108 valence electrons. The zero-order valence-electron chi connectivity index (χ0n) is 12.3. The van der Waals surface area contributed by atoms with Crippen LogP contribution in [0.1, 0.15) is 38.9 Å². The fourth-order valence-electron chi connectivity index (χ4n) is 1.67. The van der Waals surface area contributed by atoms with E-state index in [0.29, 0.717) is 0 Å². The van der Waals surface area contributed by atoms with Gasteiger partial charge in [0, 0.05) is 32.4 Å². The quantitative estimate of drug-likeness (QED) is 0.638. The van der Waals surface area contributed by atoms with E-state index in [0.717, 1.165) is 56.6 Å². The van der Waals surface area contributed by atoms with Gasteiger partial charge in [-0.25, -0.2) is 9.97 Å². The number of anilines is 2. The highest BCUT2D eigenvalue weighted by atomic mass is 16.5. The van der Waals surface area contributed by atoms with E-state index in [1.165, 1.54) is 6.42 Å². The molecule has 2 N–H and O–H groups in total. The Labute approximate surface area is 116 Å². The van der Waals surface area contributed by atoms with Crippen molar-refractivity contribution in [3.05, 3.63) is 11.9 Å². The molecule has 19 heavy (non-hydrogen) atoms. The fraction of sp³-hybridized carbons (Fsp3) is 0.714. The molecule has 0 aliphatic rings. The molecule has 0 fully saturated rings. The van der Waals surface area contributed by atoms with Gasteiger partial charge in [0.2, 0.25) is 0 Å². The maximum absolute atomic E-state index is 5.51. The SMILES string of the molecule is CCCCOCCCNc1cc(NCC)nc(C)n1. The smallest absolute Gasteiger partial charge is 0.131 e. The lowest BCUT2D eigenvalue weighted by Crippen LogP contribution is -2.09. The highest BCUT2D eigenvalue weighted by Gasteiger charge is 2.00. The van der Waals surface area contributed by atoms with Crippen LogP contribution in [0.4, 0.5) is 11.6 Å². The second-order valence-electron chi connectivity index (χ2n) is 4.46. The number of hydrogen-bond donors (Lipinski definition) is 2. The zero-order chi connectivity index (χ0) is 13.9. The van der Waals surface area contributed by atoms with Crippen LogP contribution in [0.3, 0.4) is 0 Å². The van der Waals surface area contributed by atoms with Gasteiger partial charge in [0.1, 0.15) is 17.5 Å². The first kappa shape index (κ1) is 15.7. The standard InChI is InChI=1S/C14H26N4O/c1-4-6-9-19-10-7-8-16-14-11-13(15-5-2)17-12(3)18-14/h11H,4-10H2,1-3H3,(H2,15,16,17,18). The Bertz CT molecular complexity index is 357. The minimum Gasteiger partial charge on any atom is -0.381 e. The average molecular weight is 266 g/mol. The lowest BCUT2D eigenvalue weighted by Gasteiger charge is -2.09. The van der Waals surface area contributed by atoms with E-state index in [1.54, 1.807) is 0 Å². The van der Waals surface area contributed by atoms with Crippen LogP contribution in [0.2, 0.25) is 0 Å². The first-order chi connectivity index (χ1) is 9.26. The number of rotatable bonds is 10. The summed E-state index contributed by atoms with van der Waals surface area (Å²) in [5.74, 6) is 2.52. The summed E-state index contributed by atoms with van der Waals surface area (Å²) in [5, 5.41) is 6.50. The summed E-state index contributed by atoms with van der Waals surface area (Å²) in [6, 6.07) is 1.94. The van der Waals surface area contributed by atoms with Crippen molar-refractivity contribution in [2.45, 2.75) is 40.0 Å². The molecule has 5 heteroatoms. The van der Waals surface area contributed by atoms with Crippen molar-refractivity contribution in [2.75, 3.05) is 36.9 Å². The Hall–Kier alpha value is -1.36. The van der Waals surface area contributed by atoms with Crippen LogP contribution < -0.4 is 10.6 Å². The fourth-order valence-corrected chi connectivity index (χ4v) is 1.67. The van der Waals surface area contributed by atoms with E-state index in [1.807, 2.05) is 13.0 Å². The molecule has 1 rings (SSSR count). The monoisotopic (exact) mass is 266 g/mol. The zero-order valence-corrected chi connectivity index (χ0v) is 12.3. The van der Waals surface area contributed by atoms with Gasteiger partial charge in [0.15, 0.2) is 0 Å². The average Bonchev–Trinajstić information content (AvgIpc) is 2.37. The van der Waals surface area contributed by atoms with E-state index < -0.39 is 0 Å². The van der Waals surface area contributed by atoms with E-state index in [-0.39, 0.29) is 0 Å². The van der Waals surface area contributed by atoms with Crippen LogP contribution >= 0.6 is 0 Å². The predicted octanol–water partition coefficient (Wildman–Crippen LogP) is 2.84. The summed E-state index contributed by atoms with van der Waals surface area (Å²) in [6.45, 7) is 9.53. The number of nitrogens with zero attached hydrogens (tertiary/aromatic N) is 2. The summed E-state index contributed by atoms with van der Waals surface area (Å²) in [4.78, 5) is 8.68. The van der Waals surface area contributed by atoms with Gasteiger partial charge in [-0.05, 0) is 26.7 Å². The Kier molecular flexibility index (Phi) is 7.89. The molecule has 0 atom stereocenters. The summed E-state index contributed by atoms with van der Waals surface area (Å²) in [5.41, 5.74) is 0. The van der Waals surface area contributed by atoms with Crippen LogP contribution in [0.25, 0.3) is 0 Å². The van der Waals surface area contributed by atoms with Gasteiger partial charge in [-0.3, -0.25) is 0 Å². The molecule has 0 aromatic carbocycles. The molecule has 1 aromatic heterocycles. The number of unbranched alkanes of at least 4 members (excludes halogenated alkanes) is 1. The molecule has 0 saturated heterocycles. The van der Waals surface area contributed by atoms with E-state index >= 15 is 0 Å². The highest BCUT2D eigenvalue weighted by molar-refractivity contribution is 5.47. The molecule has 1 heterocycles. The number of hydrogen-bond acceptors (Lipinski definition) is 5. The Morgan fingerprint density at radius 3 is 2.42 bits per heavy atom. The molecule has 5 nitrogen and oxygen atoms in total. The van der Waals surface area contributed by atoms with Gasteiger partial charge in [-0.2, -0.15) is 0 Å². The second kappa shape index (κ2) is 9.55. The topological polar surface area (TPSA) is 59.1 Å². The first-order valence-electron chi connectivity index (χ1n) is 7.17.